The highest BCUT2D eigenvalue weighted by Crippen LogP contribution is 2.14. The molecule has 0 amide bonds. The summed E-state index contributed by atoms with van der Waals surface area (Å²) in [5.41, 5.74) is 4.00. The molecule has 12 heavy (non-hydrogen) atoms. The molecule has 2 nitrogen and oxygen atoms in total. The lowest BCUT2D eigenvalue weighted by Crippen LogP contribution is -2.16. The van der Waals surface area contributed by atoms with E-state index in [0.717, 1.165) is 6.07 Å². The van der Waals surface area contributed by atoms with Crippen LogP contribution in [0.5, 0.6) is 0 Å². The van der Waals surface area contributed by atoms with Gasteiger partial charge in [-0.3, -0.25) is 5.41 Å². The van der Waals surface area contributed by atoms with Gasteiger partial charge in [-0.2, -0.15) is 0 Å². The minimum Gasteiger partial charge on any atom is -0.384 e. The van der Waals surface area contributed by atoms with Crippen molar-refractivity contribution in [1.29, 1.82) is 5.41 Å². The molecular weight excluding hydrogens is 169 g/mol. The number of hydrogen-bond acceptors (Lipinski definition) is 1. The van der Waals surface area contributed by atoms with E-state index >= 15 is 0 Å². The van der Waals surface area contributed by atoms with Crippen LogP contribution in [-0.4, -0.2) is 5.84 Å². The molecule has 5 heteroatoms. The Labute approximate surface area is 66.3 Å². The van der Waals surface area contributed by atoms with Crippen LogP contribution in [0.4, 0.5) is 13.2 Å². The third-order valence-electron chi connectivity index (χ3n) is 1.31. The van der Waals surface area contributed by atoms with Gasteiger partial charge in [-0.15, -0.1) is 0 Å². The lowest BCUT2D eigenvalue weighted by atomic mass is 10.2. The first-order chi connectivity index (χ1) is 5.54. The lowest BCUT2D eigenvalue weighted by Gasteiger charge is -2.01. The van der Waals surface area contributed by atoms with E-state index in [-0.39, 0.29) is 0 Å². The summed E-state index contributed by atoms with van der Waals surface area (Å²) in [6.07, 6.45) is 0. The first-order valence-electron chi connectivity index (χ1n) is 3.02. The number of rotatable bonds is 1. The largest absolute Gasteiger partial charge is 0.384 e. The maximum Gasteiger partial charge on any atom is 0.172 e. The Morgan fingerprint density at radius 1 is 1.17 bits per heavy atom. The maximum atomic E-state index is 12.7. The summed E-state index contributed by atoms with van der Waals surface area (Å²) in [7, 11) is 0. The lowest BCUT2D eigenvalue weighted by molar-refractivity contribution is 0.492. The fourth-order valence-electron chi connectivity index (χ4n) is 0.774. The molecule has 0 saturated carbocycles. The van der Waals surface area contributed by atoms with Crippen molar-refractivity contribution in [3.63, 3.8) is 0 Å². The average Bonchev–Trinajstić information content (AvgIpc) is 1.97. The summed E-state index contributed by atoms with van der Waals surface area (Å²) in [6, 6.07) is 1.35. The van der Waals surface area contributed by atoms with Crippen LogP contribution in [0.2, 0.25) is 0 Å². The van der Waals surface area contributed by atoms with E-state index in [1.807, 2.05) is 0 Å². The van der Waals surface area contributed by atoms with E-state index in [4.69, 9.17) is 11.1 Å². The molecule has 1 aromatic carbocycles. The second-order valence-electron chi connectivity index (χ2n) is 2.13. The predicted molar refractivity (Wildman–Crippen MR) is 37.3 cm³/mol. The van der Waals surface area contributed by atoms with Gasteiger partial charge in [-0.05, 0) is 12.1 Å². The van der Waals surface area contributed by atoms with Gasteiger partial charge in [0.05, 0.1) is 5.56 Å². The molecule has 0 aliphatic rings. The van der Waals surface area contributed by atoms with Crippen LogP contribution in [0, 0.1) is 22.9 Å². The van der Waals surface area contributed by atoms with E-state index < -0.39 is 28.9 Å². The predicted octanol–water partition coefficient (Wildman–Crippen LogP) is 1.39. The minimum atomic E-state index is -1.43. The first-order valence-corrected chi connectivity index (χ1v) is 3.02. The van der Waals surface area contributed by atoms with Crippen molar-refractivity contribution in [1.82, 2.24) is 0 Å². The number of benzene rings is 1. The van der Waals surface area contributed by atoms with E-state index in [9.17, 15) is 13.2 Å². The number of nitrogens with two attached hydrogens (primary N) is 1. The van der Waals surface area contributed by atoms with Crippen LogP contribution in [-0.2, 0) is 0 Å². The summed E-state index contributed by atoms with van der Waals surface area (Å²) in [6.45, 7) is 0. The topological polar surface area (TPSA) is 49.9 Å². The molecule has 0 fully saturated rings. The van der Waals surface area contributed by atoms with Gasteiger partial charge in [0.1, 0.15) is 11.7 Å². The van der Waals surface area contributed by atoms with Gasteiger partial charge in [0.15, 0.2) is 11.6 Å². The van der Waals surface area contributed by atoms with Crippen molar-refractivity contribution in [2.75, 3.05) is 0 Å². The fourth-order valence-corrected chi connectivity index (χ4v) is 0.774. The molecule has 64 valence electrons. The molecular formula is C7H5F3N2. The summed E-state index contributed by atoms with van der Waals surface area (Å²) in [5.74, 6) is -4.52. The van der Waals surface area contributed by atoms with Crippen molar-refractivity contribution in [2.45, 2.75) is 0 Å². The molecule has 0 radical (unpaired) electrons. The third-order valence-corrected chi connectivity index (χ3v) is 1.31. The van der Waals surface area contributed by atoms with Crippen LogP contribution >= 0.6 is 0 Å². The van der Waals surface area contributed by atoms with Gasteiger partial charge in [-0.1, -0.05) is 0 Å². The second kappa shape index (κ2) is 2.84. The van der Waals surface area contributed by atoms with Gasteiger partial charge in [-0.25, -0.2) is 13.2 Å². The molecule has 0 unspecified atom stereocenters. The number of nitrogen functional groups attached to an aromatic ring is 1. The molecule has 1 aromatic rings. The highest BCUT2D eigenvalue weighted by Gasteiger charge is 2.15. The smallest absolute Gasteiger partial charge is 0.172 e. The number of amidine groups is 1. The first kappa shape index (κ1) is 8.58. The molecule has 3 N–H and O–H groups in total. The van der Waals surface area contributed by atoms with Crippen LogP contribution in [0.1, 0.15) is 5.56 Å². The number of nitrogens with one attached hydrogen (secondary N) is 1. The van der Waals surface area contributed by atoms with Crippen LogP contribution in [0.25, 0.3) is 0 Å². The Morgan fingerprint density at radius 3 is 2.08 bits per heavy atom. The van der Waals surface area contributed by atoms with Gasteiger partial charge >= 0.3 is 0 Å². The standard InChI is InChI=1S/C7H5F3N2/c8-3-1-2-4(9)6(10)5(3)7(11)12/h1-2H,(H3,11,12). The van der Waals surface area contributed by atoms with E-state index in [1.54, 1.807) is 0 Å². The Balaban J connectivity index is 3.43. The summed E-state index contributed by atoms with van der Waals surface area (Å²) in [5, 5.41) is 6.74. The molecule has 0 heterocycles. The van der Waals surface area contributed by atoms with Crippen molar-refractivity contribution < 1.29 is 13.2 Å². The zero-order valence-electron chi connectivity index (χ0n) is 5.87. The van der Waals surface area contributed by atoms with Crippen LogP contribution < -0.4 is 5.73 Å². The summed E-state index contributed by atoms with van der Waals surface area (Å²) >= 11 is 0. The van der Waals surface area contributed by atoms with Gasteiger partial charge in [0.2, 0.25) is 0 Å². The zero-order valence-corrected chi connectivity index (χ0v) is 5.87. The van der Waals surface area contributed by atoms with E-state index in [2.05, 4.69) is 0 Å². The molecule has 0 aromatic heterocycles. The van der Waals surface area contributed by atoms with Gasteiger partial charge in [0.25, 0.3) is 0 Å². The maximum absolute atomic E-state index is 12.7. The SMILES string of the molecule is N=C(N)c1c(F)ccc(F)c1F. The summed E-state index contributed by atoms with van der Waals surface area (Å²) < 4.78 is 37.8. The monoisotopic (exact) mass is 174 g/mol. The van der Waals surface area contributed by atoms with Crippen molar-refractivity contribution in [3.8, 4) is 0 Å². The van der Waals surface area contributed by atoms with Crippen molar-refractivity contribution >= 4 is 5.84 Å². The molecule has 0 aliphatic carbocycles. The second-order valence-corrected chi connectivity index (χ2v) is 2.13. The van der Waals surface area contributed by atoms with Crippen molar-refractivity contribution in [3.05, 3.63) is 35.1 Å². The molecule has 0 bridgehead atoms. The van der Waals surface area contributed by atoms with Gasteiger partial charge in [0, 0.05) is 0 Å². The van der Waals surface area contributed by atoms with Crippen LogP contribution in [0.15, 0.2) is 12.1 Å². The van der Waals surface area contributed by atoms with Crippen LogP contribution in [0.3, 0.4) is 0 Å². The van der Waals surface area contributed by atoms with Gasteiger partial charge < -0.3 is 5.73 Å². The van der Waals surface area contributed by atoms with E-state index in [1.165, 1.54) is 0 Å². The Bertz CT molecular complexity index is 336. The zero-order chi connectivity index (χ0) is 9.30. The number of halogens is 3. The summed E-state index contributed by atoms with van der Waals surface area (Å²) in [4.78, 5) is 0. The normalized spacial score (nSPS) is 9.92. The molecule has 0 aliphatic heterocycles. The van der Waals surface area contributed by atoms with Crippen molar-refractivity contribution in [2.24, 2.45) is 5.73 Å². The Morgan fingerprint density at radius 2 is 1.67 bits per heavy atom. The molecule has 0 spiro atoms. The molecule has 0 atom stereocenters. The van der Waals surface area contributed by atoms with E-state index in [0.29, 0.717) is 6.07 Å². The highest BCUT2D eigenvalue weighted by atomic mass is 19.2. The fraction of sp³-hybridized carbons (Fsp3) is 0. The average molecular weight is 174 g/mol. The molecule has 1 rings (SSSR count). The quantitative estimate of drug-likeness (QED) is 0.377. The number of hydrogen-bond donors (Lipinski definition) is 2. The molecule has 0 saturated heterocycles. The minimum absolute atomic E-state index is 0.636. The third kappa shape index (κ3) is 1.25. The Kier molecular flexibility index (Phi) is 2.03. The Hall–Kier alpha value is -1.52. The highest BCUT2D eigenvalue weighted by molar-refractivity contribution is 5.95.